The smallest absolute Gasteiger partial charge is 0.152 e. The maximum absolute atomic E-state index is 9.42. The van der Waals surface area contributed by atoms with Crippen molar-refractivity contribution in [3.63, 3.8) is 0 Å². The van der Waals surface area contributed by atoms with Gasteiger partial charge in [0.05, 0.1) is 18.2 Å². The zero-order chi connectivity index (χ0) is 10.6. The first-order valence-electron chi connectivity index (χ1n) is 4.03. The molecule has 3 N–H and O–H groups in total. The van der Waals surface area contributed by atoms with Crippen LogP contribution >= 0.6 is 0 Å². The number of hydrogen-bond donors (Lipinski definition) is 2. The molecule has 1 rings (SSSR count). The van der Waals surface area contributed by atoms with E-state index in [0.717, 1.165) is 0 Å². The molecule has 0 unspecified atom stereocenters. The molecule has 0 spiro atoms. The number of para-hydroxylation sites is 1. The van der Waals surface area contributed by atoms with Crippen LogP contribution in [0.15, 0.2) is 24.3 Å². The Balaban J connectivity index is 3.02. The highest BCUT2D eigenvalue weighted by Crippen LogP contribution is 2.26. The molecule has 1 atom stereocenters. The molecule has 0 amide bonds. The monoisotopic (exact) mass is 187 g/mol. The van der Waals surface area contributed by atoms with Crippen molar-refractivity contribution < 1.29 is 5.11 Å². The molecule has 14 heavy (non-hydrogen) atoms. The number of aromatic hydroxyl groups is 1. The Kier molecular flexibility index (Phi) is 3.06. The Morgan fingerprint density at radius 2 is 1.79 bits per heavy atom. The molecule has 0 saturated carbocycles. The Hall–Kier alpha value is -2.04. The molecule has 0 radical (unpaired) electrons. The molecule has 0 saturated heterocycles. The van der Waals surface area contributed by atoms with E-state index in [-0.39, 0.29) is 5.75 Å². The predicted octanol–water partition coefficient (Wildman–Crippen LogP) is 1.06. The third-order valence-corrected chi connectivity index (χ3v) is 1.93. The van der Waals surface area contributed by atoms with Gasteiger partial charge < -0.3 is 10.8 Å². The van der Waals surface area contributed by atoms with E-state index < -0.39 is 12.0 Å². The Bertz CT molecular complexity index is 389. The number of nitriles is 2. The van der Waals surface area contributed by atoms with Crippen molar-refractivity contribution in [1.29, 1.82) is 10.5 Å². The summed E-state index contributed by atoms with van der Waals surface area (Å²) in [5.41, 5.74) is 6.07. The Labute approximate surface area is 81.8 Å². The summed E-state index contributed by atoms with van der Waals surface area (Å²) in [6.45, 7) is 0. The lowest BCUT2D eigenvalue weighted by Crippen LogP contribution is -2.18. The summed E-state index contributed by atoms with van der Waals surface area (Å²) in [5.74, 6) is -0.932. The molecule has 0 fully saturated rings. The highest BCUT2D eigenvalue weighted by atomic mass is 16.3. The van der Waals surface area contributed by atoms with Crippen molar-refractivity contribution in [3.05, 3.63) is 29.8 Å². The molecule has 0 aliphatic carbocycles. The number of phenolic OH excluding ortho intramolecular Hbond substituents is 1. The number of rotatable bonds is 2. The van der Waals surface area contributed by atoms with Crippen molar-refractivity contribution in [1.82, 2.24) is 0 Å². The highest BCUT2D eigenvalue weighted by Gasteiger charge is 2.20. The Morgan fingerprint density at radius 3 is 2.29 bits per heavy atom. The normalized spacial score (nSPS) is 11.7. The first kappa shape index (κ1) is 10.0. The van der Waals surface area contributed by atoms with Crippen molar-refractivity contribution in [2.45, 2.75) is 6.04 Å². The number of phenols is 1. The predicted molar refractivity (Wildman–Crippen MR) is 49.8 cm³/mol. The van der Waals surface area contributed by atoms with Crippen LogP contribution in [0.1, 0.15) is 11.6 Å². The molecule has 4 nitrogen and oxygen atoms in total. The lowest BCUT2D eigenvalue weighted by Gasteiger charge is -2.13. The van der Waals surface area contributed by atoms with Gasteiger partial charge in [0.1, 0.15) is 5.75 Å². The molecule has 70 valence electrons. The maximum Gasteiger partial charge on any atom is 0.152 e. The largest absolute Gasteiger partial charge is 0.508 e. The SMILES string of the molecule is N#CC(C#N)[C@H](N)c1ccccc1O. The maximum atomic E-state index is 9.42. The van der Waals surface area contributed by atoms with Crippen LogP contribution in [0.3, 0.4) is 0 Å². The van der Waals surface area contributed by atoms with Crippen molar-refractivity contribution >= 4 is 0 Å². The molecule has 0 aliphatic rings. The van der Waals surface area contributed by atoms with Crippen LogP contribution in [0.2, 0.25) is 0 Å². The van der Waals surface area contributed by atoms with Gasteiger partial charge in [-0.05, 0) is 6.07 Å². The fraction of sp³-hybridized carbons (Fsp3) is 0.200. The molecule has 0 heterocycles. The minimum absolute atomic E-state index is 0.00972. The molecule has 1 aromatic rings. The van der Waals surface area contributed by atoms with Crippen molar-refractivity contribution in [2.24, 2.45) is 11.7 Å². The summed E-state index contributed by atoms with van der Waals surface area (Å²) in [6.07, 6.45) is 0. The van der Waals surface area contributed by atoms with Gasteiger partial charge in [-0.15, -0.1) is 0 Å². The van der Waals surface area contributed by atoms with Crippen LogP contribution in [0.25, 0.3) is 0 Å². The third-order valence-electron chi connectivity index (χ3n) is 1.93. The zero-order valence-corrected chi connectivity index (χ0v) is 7.38. The van der Waals surface area contributed by atoms with E-state index in [4.69, 9.17) is 16.3 Å². The van der Waals surface area contributed by atoms with Gasteiger partial charge in [-0.25, -0.2) is 0 Å². The lowest BCUT2D eigenvalue weighted by atomic mass is 9.95. The second-order valence-corrected chi connectivity index (χ2v) is 2.82. The molecule has 0 aliphatic heterocycles. The van der Waals surface area contributed by atoms with Crippen molar-refractivity contribution in [2.75, 3.05) is 0 Å². The van der Waals surface area contributed by atoms with Gasteiger partial charge in [-0.3, -0.25) is 0 Å². The van der Waals surface area contributed by atoms with Gasteiger partial charge >= 0.3 is 0 Å². The summed E-state index contributed by atoms with van der Waals surface area (Å²) in [6, 6.07) is 9.21. The number of nitrogens with two attached hydrogens (primary N) is 1. The van der Waals surface area contributed by atoms with Crippen LogP contribution in [0.4, 0.5) is 0 Å². The van der Waals surface area contributed by atoms with Gasteiger partial charge in [-0.1, -0.05) is 18.2 Å². The molecular formula is C10H9N3O. The molecule has 4 heteroatoms. The van der Waals surface area contributed by atoms with Crippen LogP contribution in [0.5, 0.6) is 5.75 Å². The average molecular weight is 187 g/mol. The van der Waals surface area contributed by atoms with Gasteiger partial charge in [0.2, 0.25) is 0 Å². The number of benzene rings is 1. The standard InChI is InChI=1S/C10H9N3O/c11-5-7(6-12)10(13)8-3-1-2-4-9(8)14/h1-4,7,10,14H,13H2/t10-/m0/s1. The van der Waals surface area contributed by atoms with E-state index in [0.29, 0.717) is 5.56 Å². The Morgan fingerprint density at radius 1 is 1.21 bits per heavy atom. The topological polar surface area (TPSA) is 93.8 Å². The molecule has 0 aromatic heterocycles. The van der Waals surface area contributed by atoms with E-state index in [1.165, 1.54) is 6.07 Å². The lowest BCUT2D eigenvalue weighted by molar-refractivity contribution is 0.457. The van der Waals surface area contributed by atoms with Crippen LogP contribution < -0.4 is 5.73 Å². The second-order valence-electron chi connectivity index (χ2n) is 2.82. The first-order valence-corrected chi connectivity index (χ1v) is 4.03. The van der Waals surface area contributed by atoms with Crippen LogP contribution in [-0.2, 0) is 0 Å². The quantitative estimate of drug-likeness (QED) is 0.723. The minimum Gasteiger partial charge on any atom is -0.508 e. The van der Waals surface area contributed by atoms with Gasteiger partial charge in [0.25, 0.3) is 0 Å². The first-order chi connectivity index (χ1) is 6.70. The van der Waals surface area contributed by atoms with Gasteiger partial charge in [0.15, 0.2) is 5.92 Å². The minimum atomic E-state index is -0.941. The van der Waals surface area contributed by atoms with E-state index in [2.05, 4.69) is 0 Å². The van der Waals surface area contributed by atoms with E-state index >= 15 is 0 Å². The van der Waals surface area contributed by atoms with Crippen LogP contribution in [0, 0.1) is 28.6 Å². The highest BCUT2D eigenvalue weighted by molar-refractivity contribution is 5.36. The number of hydrogen-bond acceptors (Lipinski definition) is 4. The summed E-state index contributed by atoms with van der Waals surface area (Å²) < 4.78 is 0. The third kappa shape index (κ3) is 1.82. The molecular weight excluding hydrogens is 178 g/mol. The fourth-order valence-corrected chi connectivity index (χ4v) is 1.14. The fourth-order valence-electron chi connectivity index (χ4n) is 1.14. The summed E-state index contributed by atoms with van der Waals surface area (Å²) in [4.78, 5) is 0. The molecule has 0 bridgehead atoms. The zero-order valence-electron chi connectivity index (χ0n) is 7.38. The summed E-state index contributed by atoms with van der Waals surface area (Å²) in [7, 11) is 0. The number of nitrogens with zero attached hydrogens (tertiary/aromatic N) is 2. The second kappa shape index (κ2) is 4.27. The summed E-state index contributed by atoms with van der Waals surface area (Å²) >= 11 is 0. The van der Waals surface area contributed by atoms with E-state index in [1.54, 1.807) is 30.3 Å². The van der Waals surface area contributed by atoms with Crippen LogP contribution in [-0.4, -0.2) is 5.11 Å². The van der Waals surface area contributed by atoms with E-state index in [9.17, 15) is 5.11 Å². The van der Waals surface area contributed by atoms with Gasteiger partial charge in [-0.2, -0.15) is 10.5 Å². The van der Waals surface area contributed by atoms with Crippen molar-refractivity contribution in [3.8, 4) is 17.9 Å². The average Bonchev–Trinajstić information content (AvgIpc) is 2.20. The summed E-state index contributed by atoms with van der Waals surface area (Å²) in [5, 5.41) is 26.7. The van der Waals surface area contributed by atoms with Gasteiger partial charge in [0, 0.05) is 5.56 Å². The van der Waals surface area contributed by atoms with E-state index in [1.807, 2.05) is 0 Å². The molecule has 1 aromatic carbocycles.